The summed E-state index contributed by atoms with van der Waals surface area (Å²) in [6.45, 7) is 2.15. The van der Waals surface area contributed by atoms with Gasteiger partial charge < -0.3 is 23.5 Å². The molecule has 0 fully saturated rings. The SMILES string of the molecule is Cc1oc(-c2ccccc2)nc1COc1cc(COc2cccc(CC(=O)O)c2)on1. The van der Waals surface area contributed by atoms with Gasteiger partial charge in [0.15, 0.2) is 5.76 Å². The predicted molar refractivity (Wildman–Crippen MR) is 110 cm³/mol. The summed E-state index contributed by atoms with van der Waals surface area (Å²) in [5, 5.41) is 12.8. The minimum Gasteiger partial charge on any atom is -0.486 e. The van der Waals surface area contributed by atoms with E-state index >= 15 is 0 Å². The Balaban J connectivity index is 1.33. The molecular weight excluding hydrogens is 400 g/mol. The molecule has 2 heterocycles. The maximum atomic E-state index is 10.8. The Kier molecular flexibility index (Phi) is 5.98. The molecule has 4 rings (SSSR count). The Morgan fingerprint density at radius 2 is 1.87 bits per heavy atom. The smallest absolute Gasteiger partial charge is 0.307 e. The zero-order chi connectivity index (χ0) is 21.6. The lowest BCUT2D eigenvalue weighted by atomic mass is 10.1. The number of carboxylic acid groups (broad SMARTS) is 1. The van der Waals surface area contributed by atoms with Crippen LogP contribution in [0.1, 0.15) is 22.8 Å². The number of ether oxygens (including phenoxy) is 2. The summed E-state index contributed by atoms with van der Waals surface area (Å²) < 4.78 is 22.3. The fourth-order valence-electron chi connectivity index (χ4n) is 2.91. The molecule has 0 radical (unpaired) electrons. The zero-order valence-electron chi connectivity index (χ0n) is 16.8. The molecule has 158 valence electrons. The van der Waals surface area contributed by atoms with E-state index in [1.54, 1.807) is 30.3 Å². The fourth-order valence-corrected chi connectivity index (χ4v) is 2.91. The zero-order valence-corrected chi connectivity index (χ0v) is 16.8. The maximum absolute atomic E-state index is 10.8. The summed E-state index contributed by atoms with van der Waals surface area (Å²) in [6.07, 6.45) is -0.0645. The number of aryl methyl sites for hydroxylation is 1. The number of benzene rings is 2. The van der Waals surface area contributed by atoms with Gasteiger partial charge in [-0.1, -0.05) is 30.3 Å². The number of aromatic nitrogens is 2. The van der Waals surface area contributed by atoms with Crippen molar-refractivity contribution >= 4 is 5.97 Å². The van der Waals surface area contributed by atoms with E-state index in [9.17, 15) is 4.79 Å². The lowest BCUT2D eigenvalue weighted by molar-refractivity contribution is -0.136. The van der Waals surface area contributed by atoms with Crippen LogP contribution in [0.4, 0.5) is 0 Å². The summed E-state index contributed by atoms with van der Waals surface area (Å²) >= 11 is 0. The van der Waals surface area contributed by atoms with Crippen molar-refractivity contribution in [3.8, 4) is 23.1 Å². The first-order valence-corrected chi connectivity index (χ1v) is 9.60. The second-order valence-corrected chi connectivity index (χ2v) is 6.81. The highest BCUT2D eigenvalue weighted by molar-refractivity contribution is 5.70. The van der Waals surface area contributed by atoms with E-state index in [1.165, 1.54) is 0 Å². The molecule has 0 bridgehead atoms. The first-order chi connectivity index (χ1) is 15.1. The van der Waals surface area contributed by atoms with Crippen molar-refractivity contribution in [2.45, 2.75) is 26.6 Å². The second kappa shape index (κ2) is 9.17. The monoisotopic (exact) mass is 420 g/mol. The number of carbonyl (C=O) groups is 1. The molecule has 0 aliphatic heterocycles. The number of hydrogen-bond donors (Lipinski definition) is 1. The summed E-state index contributed by atoms with van der Waals surface area (Å²) in [6, 6.07) is 18.2. The van der Waals surface area contributed by atoms with E-state index in [0.717, 1.165) is 5.56 Å². The van der Waals surface area contributed by atoms with Gasteiger partial charge in [0.2, 0.25) is 5.89 Å². The molecule has 2 aromatic heterocycles. The van der Waals surface area contributed by atoms with Crippen molar-refractivity contribution in [2.24, 2.45) is 0 Å². The van der Waals surface area contributed by atoms with Crippen LogP contribution in [-0.4, -0.2) is 21.2 Å². The molecule has 8 heteroatoms. The van der Waals surface area contributed by atoms with Crippen LogP contribution in [0.5, 0.6) is 11.6 Å². The quantitative estimate of drug-likeness (QED) is 0.424. The molecule has 8 nitrogen and oxygen atoms in total. The van der Waals surface area contributed by atoms with Crippen LogP contribution in [0.3, 0.4) is 0 Å². The number of rotatable bonds is 9. The third kappa shape index (κ3) is 5.30. The van der Waals surface area contributed by atoms with Gasteiger partial charge in [0.1, 0.15) is 30.4 Å². The first-order valence-electron chi connectivity index (χ1n) is 9.60. The molecule has 0 saturated heterocycles. The van der Waals surface area contributed by atoms with E-state index < -0.39 is 5.97 Å². The van der Waals surface area contributed by atoms with Gasteiger partial charge in [0.05, 0.1) is 6.42 Å². The highest BCUT2D eigenvalue weighted by Gasteiger charge is 2.13. The Morgan fingerprint density at radius 3 is 2.68 bits per heavy atom. The van der Waals surface area contributed by atoms with E-state index in [4.69, 9.17) is 23.5 Å². The van der Waals surface area contributed by atoms with Gasteiger partial charge in [0.25, 0.3) is 5.88 Å². The van der Waals surface area contributed by atoms with Crippen LogP contribution in [0.15, 0.2) is 69.6 Å². The Labute approximate surface area is 178 Å². The Bertz CT molecular complexity index is 1170. The summed E-state index contributed by atoms with van der Waals surface area (Å²) in [4.78, 5) is 15.3. The van der Waals surface area contributed by atoms with Crippen molar-refractivity contribution in [2.75, 3.05) is 0 Å². The average molecular weight is 420 g/mol. The van der Waals surface area contributed by atoms with Crippen LogP contribution in [0.2, 0.25) is 0 Å². The minimum absolute atomic E-state index is 0.0645. The molecule has 4 aromatic rings. The number of hydrogen-bond acceptors (Lipinski definition) is 7. The van der Waals surface area contributed by atoms with Crippen molar-refractivity contribution in [1.82, 2.24) is 10.1 Å². The lowest BCUT2D eigenvalue weighted by Crippen LogP contribution is -2.00. The highest BCUT2D eigenvalue weighted by Crippen LogP contribution is 2.23. The molecule has 2 aromatic carbocycles. The standard InChI is InChI=1S/C23H20N2O6/c1-15-20(24-23(30-15)17-7-3-2-4-8-17)14-29-21-12-19(31-25-21)13-28-18-9-5-6-16(10-18)11-22(26)27/h2-10,12H,11,13-14H2,1H3,(H,26,27). The molecule has 0 unspecified atom stereocenters. The minimum atomic E-state index is -0.896. The van der Waals surface area contributed by atoms with Gasteiger partial charge in [-0.3, -0.25) is 4.79 Å². The van der Waals surface area contributed by atoms with Crippen molar-refractivity contribution in [3.63, 3.8) is 0 Å². The summed E-state index contributed by atoms with van der Waals surface area (Å²) in [5.74, 6) is 1.64. The van der Waals surface area contributed by atoms with Gasteiger partial charge in [-0.05, 0) is 41.9 Å². The van der Waals surface area contributed by atoms with Gasteiger partial charge in [-0.2, -0.15) is 0 Å². The van der Waals surface area contributed by atoms with E-state index in [0.29, 0.717) is 40.3 Å². The summed E-state index contributed by atoms with van der Waals surface area (Å²) in [7, 11) is 0. The second-order valence-electron chi connectivity index (χ2n) is 6.81. The van der Waals surface area contributed by atoms with Gasteiger partial charge in [-0.15, -0.1) is 0 Å². The number of oxazole rings is 1. The molecule has 1 N–H and O–H groups in total. The van der Waals surface area contributed by atoms with Gasteiger partial charge in [-0.25, -0.2) is 4.98 Å². The van der Waals surface area contributed by atoms with Gasteiger partial charge in [0, 0.05) is 11.6 Å². The molecular formula is C23H20N2O6. The molecule has 0 aliphatic rings. The average Bonchev–Trinajstić information content (AvgIpc) is 3.37. The highest BCUT2D eigenvalue weighted by atomic mass is 16.5. The van der Waals surface area contributed by atoms with Crippen LogP contribution in [0, 0.1) is 6.92 Å². The van der Waals surface area contributed by atoms with Crippen LogP contribution < -0.4 is 9.47 Å². The Hall–Kier alpha value is -4.07. The van der Waals surface area contributed by atoms with E-state index in [2.05, 4.69) is 10.1 Å². The van der Waals surface area contributed by atoms with Crippen molar-refractivity contribution in [3.05, 3.63) is 83.4 Å². The lowest BCUT2D eigenvalue weighted by Gasteiger charge is -2.05. The number of aliphatic carboxylic acids is 1. The Morgan fingerprint density at radius 1 is 1.03 bits per heavy atom. The van der Waals surface area contributed by atoms with Crippen LogP contribution >= 0.6 is 0 Å². The molecule has 31 heavy (non-hydrogen) atoms. The molecule has 0 amide bonds. The third-order valence-corrected chi connectivity index (χ3v) is 4.44. The van der Waals surface area contributed by atoms with E-state index in [1.807, 2.05) is 37.3 Å². The third-order valence-electron chi connectivity index (χ3n) is 4.44. The molecule has 0 atom stereocenters. The normalized spacial score (nSPS) is 10.7. The predicted octanol–water partition coefficient (Wildman–Crippen LogP) is 4.42. The molecule has 0 saturated carbocycles. The van der Waals surface area contributed by atoms with Gasteiger partial charge >= 0.3 is 5.97 Å². The first kappa shape index (κ1) is 20.2. The van der Waals surface area contributed by atoms with Crippen LogP contribution in [0.25, 0.3) is 11.5 Å². The van der Waals surface area contributed by atoms with Crippen LogP contribution in [-0.2, 0) is 24.4 Å². The topological polar surface area (TPSA) is 108 Å². The van der Waals surface area contributed by atoms with Crippen molar-refractivity contribution in [1.29, 1.82) is 0 Å². The molecule has 0 spiro atoms. The fraction of sp³-hybridized carbons (Fsp3) is 0.174. The van der Waals surface area contributed by atoms with E-state index in [-0.39, 0.29) is 19.6 Å². The number of nitrogens with zero attached hydrogens (tertiary/aromatic N) is 2. The molecule has 0 aliphatic carbocycles. The number of carboxylic acids is 1. The summed E-state index contributed by atoms with van der Waals surface area (Å²) in [5.41, 5.74) is 2.23. The van der Waals surface area contributed by atoms with Crippen molar-refractivity contribution < 1.29 is 28.3 Å². The largest absolute Gasteiger partial charge is 0.486 e. The maximum Gasteiger partial charge on any atom is 0.307 e.